The highest BCUT2D eigenvalue weighted by molar-refractivity contribution is 6.04. The van der Waals surface area contributed by atoms with Gasteiger partial charge < -0.3 is 9.47 Å². The summed E-state index contributed by atoms with van der Waals surface area (Å²) < 4.78 is 11.6. The molecule has 0 aromatic heterocycles. The second-order valence-electron chi connectivity index (χ2n) is 9.34. The van der Waals surface area contributed by atoms with E-state index >= 15 is 0 Å². The molecule has 5 rings (SSSR count). The predicted molar refractivity (Wildman–Crippen MR) is 158 cm³/mol. The van der Waals surface area contributed by atoms with Crippen molar-refractivity contribution in [3.8, 4) is 22.6 Å². The molecular formula is C34H28N2O4. The van der Waals surface area contributed by atoms with E-state index in [1.54, 1.807) is 25.1 Å². The summed E-state index contributed by atoms with van der Waals surface area (Å²) >= 11 is 0. The van der Waals surface area contributed by atoms with Gasteiger partial charge in [0.15, 0.2) is 6.10 Å². The Kier molecular flexibility index (Phi) is 7.97. The molecule has 1 atom stereocenters. The summed E-state index contributed by atoms with van der Waals surface area (Å²) in [5.41, 5.74) is 6.68. The fourth-order valence-electron chi connectivity index (χ4n) is 4.29. The molecule has 5 aromatic rings. The topological polar surface area (TPSA) is 77.0 Å². The van der Waals surface area contributed by atoms with Crippen LogP contribution in [-0.4, -0.2) is 24.2 Å². The second kappa shape index (κ2) is 12.1. The van der Waals surface area contributed by atoms with Gasteiger partial charge in [-0.3, -0.25) is 4.79 Å². The van der Waals surface area contributed by atoms with Crippen LogP contribution < -0.4 is 14.9 Å². The number of nitrogens with one attached hydrogen (secondary N) is 1. The first-order chi connectivity index (χ1) is 19.5. The number of aryl methyl sites for hydroxylation is 1. The summed E-state index contributed by atoms with van der Waals surface area (Å²) in [5.74, 6) is 0.0246. The smallest absolute Gasteiger partial charge is 0.343 e. The third kappa shape index (κ3) is 6.25. The zero-order valence-electron chi connectivity index (χ0n) is 22.2. The van der Waals surface area contributed by atoms with Gasteiger partial charge in [-0.15, -0.1) is 0 Å². The molecule has 1 N–H and O–H groups in total. The minimum atomic E-state index is -0.786. The fourth-order valence-corrected chi connectivity index (χ4v) is 4.29. The number of carbonyl (C=O) groups excluding carboxylic acids is 2. The van der Waals surface area contributed by atoms with E-state index in [4.69, 9.17) is 9.47 Å². The zero-order valence-corrected chi connectivity index (χ0v) is 22.2. The van der Waals surface area contributed by atoms with E-state index in [0.717, 1.165) is 27.5 Å². The van der Waals surface area contributed by atoms with Crippen LogP contribution in [0.15, 0.2) is 120 Å². The highest BCUT2D eigenvalue weighted by Crippen LogP contribution is 2.28. The highest BCUT2D eigenvalue weighted by atomic mass is 16.5. The summed E-state index contributed by atoms with van der Waals surface area (Å²) in [6.45, 7) is 3.57. The molecule has 0 bridgehead atoms. The molecule has 0 aliphatic carbocycles. The van der Waals surface area contributed by atoms with Crippen LogP contribution in [0.4, 0.5) is 0 Å². The van der Waals surface area contributed by atoms with E-state index in [0.29, 0.717) is 22.6 Å². The second-order valence-corrected chi connectivity index (χ2v) is 9.34. The minimum absolute atomic E-state index is 0.339. The van der Waals surface area contributed by atoms with Crippen molar-refractivity contribution in [1.29, 1.82) is 0 Å². The minimum Gasteiger partial charge on any atom is -0.481 e. The normalized spacial score (nSPS) is 11.8. The third-order valence-electron chi connectivity index (χ3n) is 6.40. The van der Waals surface area contributed by atoms with Crippen LogP contribution in [0.2, 0.25) is 0 Å². The van der Waals surface area contributed by atoms with Crippen molar-refractivity contribution in [1.82, 2.24) is 5.43 Å². The average molecular weight is 529 g/mol. The van der Waals surface area contributed by atoms with Gasteiger partial charge in [-0.2, -0.15) is 5.10 Å². The van der Waals surface area contributed by atoms with Gasteiger partial charge in [0.1, 0.15) is 11.5 Å². The lowest BCUT2D eigenvalue weighted by Crippen LogP contribution is -2.33. The van der Waals surface area contributed by atoms with E-state index in [-0.39, 0.29) is 0 Å². The number of carbonyl (C=O) groups is 2. The van der Waals surface area contributed by atoms with Gasteiger partial charge in [-0.05, 0) is 66.1 Å². The monoisotopic (exact) mass is 528 g/mol. The Morgan fingerprint density at radius 3 is 2.30 bits per heavy atom. The maximum absolute atomic E-state index is 12.8. The Balaban J connectivity index is 1.28. The van der Waals surface area contributed by atoms with Gasteiger partial charge in [0.05, 0.1) is 11.8 Å². The highest BCUT2D eigenvalue weighted by Gasteiger charge is 2.16. The van der Waals surface area contributed by atoms with Crippen molar-refractivity contribution >= 4 is 28.9 Å². The maximum atomic E-state index is 12.8. The van der Waals surface area contributed by atoms with Crippen LogP contribution in [0.3, 0.4) is 0 Å². The lowest BCUT2D eigenvalue weighted by molar-refractivity contribution is -0.127. The third-order valence-corrected chi connectivity index (χ3v) is 6.40. The summed E-state index contributed by atoms with van der Waals surface area (Å²) in [6.07, 6.45) is 0.700. The first kappa shape index (κ1) is 26.4. The van der Waals surface area contributed by atoms with Crippen LogP contribution in [0.1, 0.15) is 28.4 Å². The maximum Gasteiger partial charge on any atom is 0.343 e. The summed E-state index contributed by atoms with van der Waals surface area (Å²) in [6, 6.07) is 36.1. The van der Waals surface area contributed by atoms with E-state index in [1.807, 2.05) is 104 Å². The molecular weight excluding hydrogens is 500 g/mol. The SMILES string of the molecule is Cc1cccc(C(=O)Oc2ccc3ccccc3c2/C=N\NC(=O)[C@@H](C)Oc2ccc(-c3ccccc3)cc2)c1. The molecule has 0 saturated carbocycles. The Labute approximate surface area is 232 Å². The number of fused-ring (bicyclic) bond motifs is 1. The number of nitrogens with zero attached hydrogens (tertiary/aromatic N) is 1. The van der Waals surface area contributed by atoms with Crippen LogP contribution in [0.25, 0.3) is 21.9 Å². The number of amides is 1. The van der Waals surface area contributed by atoms with Gasteiger partial charge in [0.2, 0.25) is 0 Å². The molecule has 0 aliphatic heterocycles. The van der Waals surface area contributed by atoms with Crippen LogP contribution in [0, 0.1) is 6.92 Å². The van der Waals surface area contributed by atoms with Gasteiger partial charge in [0, 0.05) is 5.56 Å². The lowest BCUT2D eigenvalue weighted by Gasteiger charge is -2.14. The van der Waals surface area contributed by atoms with Crippen molar-refractivity contribution in [2.24, 2.45) is 5.10 Å². The van der Waals surface area contributed by atoms with E-state index < -0.39 is 18.0 Å². The zero-order chi connectivity index (χ0) is 27.9. The molecule has 0 saturated heterocycles. The fraction of sp³-hybridized carbons (Fsp3) is 0.0882. The van der Waals surface area contributed by atoms with E-state index in [2.05, 4.69) is 10.5 Å². The average Bonchev–Trinajstić information content (AvgIpc) is 2.98. The summed E-state index contributed by atoms with van der Waals surface area (Å²) in [7, 11) is 0. The number of hydrogen-bond donors (Lipinski definition) is 1. The molecule has 0 spiro atoms. The molecule has 0 heterocycles. The van der Waals surface area contributed by atoms with Crippen molar-refractivity contribution in [3.63, 3.8) is 0 Å². The molecule has 40 heavy (non-hydrogen) atoms. The number of benzene rings is 5. The van der Waals surface area contributed by atoms with Crippen molar-refractivity contribution in [3.05, 3.63) is 132 Å². The molecule has 5 aromatic carbocycles. The van der Waals surface area contributed by atoms with Gasteiger partial charge in [-0.25, -0.2) is 10.2 Å². The Morgan fingerprint density at radius 2 is 1.52 bits per heavy atom. The molecule has 6 nitrogen and oxygen atoms in total. The van der Waals surface area contributed by atoms with Crippen LogP contribution >= 0.6 is 0 Å². The molecule has 1 amide bonds. The van der Waals surface area contributed by atoms with Gasteiger partial charge >= 0.3 is 5.97 Å². The molecule has 198 valence electrons. The Morgan fingerprint density at radius 1 is 0.800 bits per heavy atom. The number of hydrogen-bond acceptors (Lipinski definition) is 5. The molecule has 0 fully saturated rings. The van der Waals surface area contributed by atoms with E-state index in [1.165, 1.54) is 6.21 Å². The van der Waals surface area contributed by atoms with Gasteiger partial charge in [-0.1, -0.05) is 90.5 Å². The van der Waals surface area contributed by atoms with Crippen LogP contribution in [-0.2, 0) is 4.79 Å². The first-order valence-corrected chi connectivity index (χ1v) is 12.9. The van der Waals surface area contributed by atoms with Crippen molar-refractivity contribution < 1.29 is 19.1 Å². The number of rotatable bonds is 8. The number of hydrazone groups is 1. The standard InChI is InChI=1S/C34H28N2O4/c1-23-9-8-13-28(21-23)34(38)40-32-20-17-27-12-6-7-14-30(27)31(32)22-35-36-33(37)24(2)39-29-18-15-26(16-19-29)25-10-4-3-5-11-25/h3-22,24H,1-2H3,(H,36,37)/b35-22-/t24-/m1/s1. The number of ether oxygens (including phenoxy) is 2. The van der Waals surface area contributed by atoms with Crippen LogP contribution in [0.5, 0.6) is 11.5 Å². The summed E-state index contributed by atoms with van der Waals surface area (Å²) in [4.78, 5) is 25.6. The lowest BCUT2D eigenvalue weighted by atomic mass is 10.0. The predicted octanol–water partition coefficient (Wildman–Crippen LogP) is 6.95. The Hall–Kier alpha value is -5.23. The molecule has 0 radical (unpaired) electrons. The summed E-state index contributed by atoms with van der Waals surface area (Å²) in [5, 5.41) is 5.94. The quantitative estimate of drug-likeness (QED) is 0.102. The molecule has 0 aliphatic rings. The van der Waals surface area contributed by atoms with Gasteiger partial charge in [0.25, 0.3) is 5.91 Å². The van der Waals surface area contributed by atoms with E-state index in [9.17, 15) is 9.59 Å². The largest absolute Gasteiger partial charge is 0.481 e. The molecule has 0 unspecified atom stereocenters. The Bertz CT molecular complexity index is 1680. The van der Waals surface area contributed by atoms with Crippen molar-refractivity contribution in [2.45, 2.75) is 20.0 Å². The number of esters is 1. The molecule has 6 heteroatoms. The van der Waals surface area contributed by atoms with Crippen molar-refractivity contribution in [2.75, 3.05) is 0 Å². The first-order valence-electron chi connectivity index (χ1n) is 12.9.